The summed E-state index contributed by atoms with van der Waals surface area (Å²) in [6.07, 6.45) is 1.28. The molecule has 0 aromatic heterocycles. The Kier molecular flexibility index (Phi) is 5.31. The highest BCUT2D eigenvalue weighted by Crippen LogP contribution is 2.15. The highest BCUT2D eigenvalue weighted by Gasteiger charge is 2.07. The summed E-state index contributed by atoms with van der Waals surface area (Å²) >= 11 is 0. The lowest BCUT2D eigenvalue weighted by Crippen LogP contribution is -2.12. The maximum Gasteiger partial charge on any atom is 0.310 e. The van der Waals surface area contributed by atoms with E-state index in [0.717, 1.165) is 12.1 Å². The molecule has 0 bridgehead atoms. The Bertz CT molecular complexity index is 645. The lowest BCUT2D eigenvalue weighted by atomic mass is 10.1. The fourth-order valence-corrected chi connectivity index (χ4v) is 1.91. The van der Waals surface area contributed by atoms with Crippen LogP contribution in [0.4, 0.5) is 5.69 Å². The van der Waals surface area contributed by atoms with Gasteiger partial charge in [-0.3, -0.25) is 9.59 Å². The van der Waals surface area contributed by atoms with Crippen molar-refractivity contribution in [3.63, 3.8) is 0 Å². The maximum absolute atomic E-state index is 12.1. The number of hydrogen-bond donors (Lipinski definition) is 1. The maximum atomic E-state index is 12.1. The summed E-state index contributed by atoms with van der Waals surface area (Å²) in [4.78, 5) is 23.3. The zero-order chi connectivity index (χ0) is 15.9. The smallest absolute Gasteiger partial charge is 0.310 e. The number of anilines is 1. The Morgan fingerprint density at radius 3 is 2.14 bits per heavy atom. The second-order valence-electron chi connectivity index (χ2n) is 4.86. The molecule has 0 radical (unpaired) electrons. The molecule has 114 valence electrons. The average Bonchev–Trinajstić information content (AvgIpc) is 2.56. The topological polar surface area (TPSA) is 55.4 Å². The number of carbonyl (C=O) groups is 2. The van der Waals surface area contributed by atoms with Crippen LogP contribution >= 0.6 is 0 Å². The van der Waals surface area contributed by atoms with Gasteiger partial charge in [-0.1, -0.05) is 26.0 Å². The van der Waals surface area contributed by atoms with Gasteiger partial charge in [0.25, 0.3) is 5.91 Å². The van der Waals surface area contributed by atoms with E-state index in [1.165, 1.54) is 5.56 Å². The molecular weight excluding hydrogens is 278 g/mol. The first-order valence-electron chi connectivity index (χ1n) is 7.33. The first-order chi connectivity index (χ1) is 10.6. The molecule has 22 heavy (non-hydrogen) atoms. The van der Waals surface area contributed by atoms with Crippen LogP contribution in [0.25, 0.3) is 0 Å². The number of ether oxygens (including phenoxy) is 1. The Hall–Kier alpha value is -2.62. The number of benzene rings is 2. The molecule has 0 unspecified atom stereocenters. The number of hydrogen-bond acceptors (Lipinski definition) is 3. The second kappa shape index (κ2) is 7.41. The standard InChI is InChI=1S/C18H19NO3/c1-3-13-5-9-15(10-6-13)19-18(21)14-7-11-16(12-8-14)22-17(20)4-2/h5-12H,3-4H2,1-2H3,(H,19,21). The van der Waals surface area contributed by atoms with Crippen molar-refractivity contribution in [2.75, 3.05) is 5.32 Å². The summed E-state index contributed by atoms with van der Waals surface area (Å²) in [7, 11) is 0. The number of esters is 1. The zero-order valence-electron chi connectivity index (χ0n) is 12.8. The van der Waals surface area contributed by atoms with Crippen LogP contribution in [-0.4, -0.2) is 11.9 Å². The number of nitrogens with one attached hydrogen (secondary N) is 1. The quantitative estimate of drug-likeness (QED) is 0.674. The van der Waals surface area contributed by atoms with Gasteiger partial charge in [-0.05, 0) is 48.4 Å². The molecular formula is C18H19NO3. The van der Waals surface area contributed by atoms with Gasteiger partial charge >= 0.3 is 5.97 Å². The minimum Gasteiger partial charge on any atom is -0.427 e. The highest BCUT2D eigenvalue weighted by molar-refractivity contribution is 6.04. The van der Waals surface area contributed by atoms with E-state index in [1.54, 1.807) is 31.2 Å². The monoisotopic (exact) mass is 297 g/mol. The Labute approximate surface area is 130 Å². The van der Waals surface area contributed by atoms with Gasteiger partial charge in [0.15, 0.2) is 0 Å². The van der Waals surface area contributed by atoms with Crippen molar-refractivity contribution in [2.24, 2.45) is 0 Å². The summed E-state index contributed by atoms with van der Waals surface area (Å²) in [5, 5.41) is 2.83. The van der Waals surface area contributed by atoms with E-state index < -0.39 is 0 Å². The van der Waals surface area contributed by atoms with Crippen LogP contribution in [0.1, 0.15) is 36.2 Å². The molecule has 1 amide bonds. The summed E-state index contributed by atoms with van der Waals surface area (Å²) in [5.41, 5.74) is 2.49. The Morgan fingerprint density at radius 2 is 1.59 bits per heavy atom. The van der Waals surface area contributed by atoms with Gasteiger partial charge in [-0.2, -0.15) is 0 Å². The Balaban J connectivity index is 2.01. The number of amides is 1. The average molecular weight is 297 g/mol. The Morgan fingerprint density at radius 1 is 0.955 bits per heavy atom. The van der Waals surface area contributed by atoms with E-state index in [9.17, 15) is 9.59 Å². The van der Waals surface area contributed by atoms with Crippen LogP contribution in [0.15, 0.2) is 48.5 Å². The van der Waals surface area contributed by atoms with E-state index >= 15 is 0 Å². The van der Waals surface area contributed by atoms with Crippen molar-refractivity contribution in [2.45, 2.75) is 26.7 Å². The van der Waals surface area contributed by atoms with Crippen LogP contribution in [0.2, 0.25) is 0 Å². The van der Waals surface area contributed by atoms with E-state index in [1.807, 2.05) is 24.3 Å². The van der Waals surface area contributed by atoms with Crippen molar-refractivity contribution in [3.05, 3.63) is 59.7 Å². The summed E-state index contributed by atoms with van der Waals surface area (Å²) < 4.78 is 5.07. The third-order valence-corrected chi connectivity index (χ3v) is 3.26. The van der Waals surface area contributed by atoms with Gasteiger partial charge in [0.05, 0.1) is 0 Å². The fraction of sp³-hybridized carbons (Fsp3) is 0.222. The third-order valence-electron chi connectivity index (χ3n) is 3.26. The van der Waals surface area contributed by atoms with Crippen molar-refractivity contribution < 1.29 is 14.3 Å². The molecule has 0 saturated carbocycles. The number of rotatable bonds is 5. The molecule has 4 nitrogen and oxygen atoms in total. The summed E-state index contributed by atoms with van der Waals surface area (Å²) in [6.45, 7) is 3.81. The predicted molar refractivity (Wildman–Crippen MR) is 86.1 cm³/mol. The molecule has 2 aromatic rings. The van der Waals surface area contributed by atoms with Crippen molar-refractivity contribution in [3.8, 4) is 5.75 Å². The van der Waals surface area contributed by atoms with Gasteiger partial charge in [-0.15, -0.1) is 0 Å². The molecule has 0 saturated heterocycles. The zero-order valence-corrected chi connectivity index (χ0v) is 12.8. The van der Waals surface area contributed by atoms with E-state index in [-0.39, 0.29) is 11.9 Å². The fourth-order valence-electron chi connectivity index (χ4n) is 1.91. The largest absolute Gasteiger partial charge is 0.427 e. The van der Waals surface area contributed by atoms with Gasteiger partial charge in [0.1, 0.15) is 5.75 Å². The van der Waals surface area contributed by atoms with Crippen LogP contribution in [0, 0.1) is 0 Å². The van der Waals surface area contributed by atoms with Crippen LogP contribution in [0.3, 0.4) is 0 Å². The van der Waals surface area contributed by atoms with Gasteiger partial charge in [0, 0.05) is 17.7 Å². The van der Waals surface area contributed by atoms with Gasteiger partial charge < -0.3 is 10.1 Å². The van der Waals surface area contributed by atoms with Gasteiger partial charge in [-0.25, -0.2) is 0 Å². The molecule has 0 atom stereocenters. The lowest BCUT2D eigenvalue weighted by molar-refractivity contribution is -0.134. The molecule has 0 spiro atoms. The molecule has 2 rings (SSSR count). The van der Waals surface area contributed by atoms with E-state index in [0.29, 0.717) is 17.7 Å². The summed E-state index contributed by atoms with van der Waals surface area (Å²) in [5.74, 6) is -0.0541. The van der Waals surface area contributed by atoms with Crippen molar-refractivity contribution in [1.29, 1.82) is 0 Å². The van der Waals surface area contributed by atoms with Crippen molar-refractivity contribution >= 4 is 17.6 Å². The summed E-state index contributed by atoms with van der Waals surface area (Å²) in [6, 6.07) is 14.2. The minimum absolute atomic E-state index is 0.197. The molecule has 0 aliphatic heterocycles. The predicted octanol–water partition coefficient (Wildman–Crippen LogP) is 3.82. The van der Waals surface area contributed by atoms with E-state index in [2.05, 4.69) is 12.2 Å². The van der Waals surface area contributed by atoms with Gasteiger partial charge in [0.2, 0.25) is 0 Å². The van der Waals surface area contributed by atoms with Crippen LogP contribution in [0.5, 0.6) is 5.75 Å². The minimum atomic E-state index is -0.298. The van der Waals surface area contributed by atoms with Crippen LogP contribution < -0.4 is 10.1 Å². The SMILES string of the molecule is CCC(=O)Oc1ccc(C(=O)Nc2ccc(CC)cc2)cc1. The molecule has 4 heteroatoms. The molecule has 0 aliphatic rings. The molecule has 1 N–H and O–H groups in total. The van der Waals surface area contributed by atoms with Crippen LogP contribution in [-0.2, 0) is 11.2 Å². The lowest BCUT2D eigenvalue weighted by Gasteiger charge is -2.07. The molecule has 0 heterocycles. The highest BCUT2D eigenvalue weighted by atomic mass is 16.5. The normalized spacial score (nSPS) is 10.1. The first-order valence-corrected chi connectivity index (χ1v) is 7.33. The molecule has 0 aliphatic carbocycles. The molecule has 0 fully saturated rings. The first kappa shape index (κ1) is 15.8. The van der Waals surface area contributed by atoms with Crippen molar-refractivity contribution in [1.82, 2.24) is 0 Å². The number of aryl methyl sites for hydroxylation is 1. The number of carbonyl (C=O) groups excluding carboxylic acids is 2. The second-order valence-corrected chi connectivity index (χ2v) is 4.86. The third kappa shape index (κ3) is 4.19. The molecule has 2 aromatic carbocycles. The van der Waals surface area contributed by atoms with E-state index in [4.69, 9.17) is 4.74 Å².